The van der Waals surface area contributed by atoms with Gasteiger partial charge in [-0.1, -0.05) is 23.7 Å². The van der Waals surface area contributed by atoms with E-state index < -0.39 is 0 Å². The van der Waals surface area contributed by atoms with Gasteiger partial charge in [0, 0.05) is 6.61 Å². The van der Waals surface area contributed by atoms with Crippen molar-refractivity contribution in [3.05, 3.63) is 45.6 Å². The molecule has 116 valence electrons. The number of carbonyl (C=O) groups is 1. The van der Waals surface area contributed by atoms with Crippen LogP contribution in [0.25, 0.3) is 0 Å². The van der Waals surface area contributed by atoms with Crippen molar-refractivity contribution >= 4 is 34.5 Å². The molecule has 2 aromatic rings. The minimum atomic E-state index is -0.167. The van der Waals surface area contributed by atoms with Gasteiger partial charge in [-0.2, -0.15) is 0 Å². The molecule has 1 aliphatic heterocycles. The molecule has 1 aromatic heterocycles. The molecule has 1 saturated heterocycles. The lowest BCUT2D eigenvalue weighted by Crippen LogP contribution is -2.18. The van der Waals surface area contributed by atoms with Gasteiger partial charge >= 0.3 is 0 Å². The smallest absolute Gasteiger partial charge is 0.265 e. The zero-order valence-electron chi connectivity index (χ0n) is 11.9. The fourth-order valence-electron chi connectivity index (χ4n) is 2.30. The monoisotopic (exact) mass is 337 g/mol. The van der Waals surface area contributed by atoms with Crippen LogP contribution in [0.4, 0.5) is 5.69 Å². The molecule has 2 heterocycles. The Bertz CT molecular complexity index is 639. The number of amides is 1. The molecule has 22 heavy (non-hydrogen) atoms. The van der Waals surface area contributed by atoms with Gasteiger partial charge in [0.05, 0.1) is 21.7 Å². The maximum atomic E-state index is 12.2. The summed E-state index contributed by atoms with van der Waals surface area (Å²) in [5.74, 6) is 0.323. The van der Waals surface area contributed by atoms with Gasteiger partial charge in [-0.25, -0.2) is 0 Å². The van der Waals surface area contributed by atoms with Crippen molar-refractivity contribution in [2.75, 3.05) is 18.5 Å². The summed E-state index contributed by atoms with van der Waals surface area (Å²) in [7, 11) is 0. The zero-order valence-corrected chi connectivity index (χ0v) is 13.5. The number of carbonyl (C=O) groups excluding carboxylic acids is 1. The van der Waals surface area contributed by atoms with E-state index in [-0.39, 0.29) is 12.0 Å². The van der Waals surface area contributed by atoms with E-state index in [4.69, 9.17) is 21.1 Å². The van der Waals surface area contributed by atoms with Crippen molar-refractivity contribution in [2.45, 2.75) is 18.9 Å². The fraction of sp³-hybridized carbons (Fsp3) is 0.312. The van der Waals surface area contributed by atoms with Crippen LogP contribution in [0.3, 0.4) is 0 Å². The summed E-state index contributed by atoms with van der Waals surface area (Å²) in [6, 6.07) is 8.92. The van der Waals surface area contributed by atoms with E-state index in [0.717, 1.165) is 19.4 Å². The summed E-state index contributed by atoms with van der Waals surface area (Å²) in [6.07, 6.45) is 2.14. The van der Waals surface area contributed by atoms with Crippen LogP contribution >= 0.6 is 22.9 Å². The molecule has 1 fully saturated rings. The lowest BCUT2D eigenvalue weighted by atomic mass is 10.2. The first-order valence-corrected chi connectivity index (χ1v) is 8.37. The minimum Gasteiger partial charge on any atom is -0.487 e. The van der Waals surface area contributed by atoms with Crippen LogP contribution in [0.5, 0.6) is 5.75 Å². The molecule has 1 aliphatic rings. The number of hydrogen-bond acceptors (Lipinski definition) is 4. The molecule has 6 heteroatoms. The van der Waals surface area contributed by atoms with Gasteiger partial charge in [0.15, 0.2) is 5.75 Å². The molecular weight excluding hydrogens is 322 g/mol. The number of hydrogen-bond donors (Lipinski definition) is 1. The topological polar surface area (TPSA) is 47.6 Å². The maximum absolute atomic E-state index is 12.2. The van der Waals surface area contributed by atoms with Gasteiger partial charge in [-0.15, -0.1) is 11.3 Å². The highest BCUT2D eigenvalue weighted by atomic mass is 35.5. The number of ether oxygens (including phenoxy) is 2. The first-order chi connectivity index (χ1) is 10.7. The highest BCUT2D eigenvalue weighted by Gasteiger charge is 2.19. The maximum Gasteiger partial charge on any atom is 0.265 e. The van der Waals surface area contributed by atoms with Gasteiger partial charge in [0.2, 0.25) is 0 Å². The Balaban J connectivity index is 1.72. The normalized spacial score (nSPS) is 17.4. The molecule has 0 spiro atoms. The van der Waals surface area contributed by atoms with E-state index in [2.05, 4.69) is 5.32 Å². The average Bonchev–Trinajstić information content (AvgIpc) is 3.20. The molecular formula is C16H16ClNO3S. The molecule has 1 aromatic carbocycles. The summed E-state index contributed by atoms with van der Waals surface area (Å²) in [4.78, 5) is 12.8. The second-order valence-corrected chi connectivity index (χ2v) is 6.35. The van der Waals surface area contributed by atoms with Crippen molar-refractivity contribution in [3.8, 4) is 5.75 Å². The lowest BCUT2D eigenvalue weighted by Gasteiger charge is -2.16. The predicted octanol–water partition coefficient (Wildman–Crippen LogP) is 4.21. The molecule has 0 saturated carbocycles. The molecule has 1 N–H and O–H groups in total. The molecule has 4 nitrogen and oxygen atoms in total. The van der Waals surface area contributed by atoms with Gasteiger partial charge in [-0.3, -0.25) is 4.79 Å². The van der Waals surface area contributed by atoms with Crippen LogP contribution in [0.1, 0.15) is 22.5 Å². The number of anilines is 1. The molecule has 3 rings (SSSR count). The van der Waals surface area contributed by atoms with Crippen LogP contribution in [0.15, 0.2) is 35.7 Å². The largest absolute Gasteiger partial charge is 0.487 e. The van der Waals surface area contributed by atoms with Crippen LogP contribution in [0, 0.1) is 0 Å². The Labute approximate surface area is 138 Å². The molecule has 1 atom stereocenters. The first kappa shape index (κ1) is 15.3. The van der Waals surface area contributed by atoms with E-state index in [1.54, 1.807) is 24.3 Å². The van der Waals surface area contributed by atoms with E-state index >= 15 is 0 Å². The third-order valence-corrected chi connectivity index (χ3v) is 4.56. The van der Waals surface area contributed by atoms with E-state index in [1.807, 2.05) is 11.4 Å². The average molecular weight is 338 g/mol. The molecule has 0 radical (unpaired) electrons. The van der Waals surface area contributed by atoms with Crippen molar-refractivity contribution in [1.82, 2.24) is 0 Å². The van der Waals surface area contributed by atoms with Gasteiger partial charge < -0.3 is 14.8 Å². The molecule has 1 amide bonds. The number of rotatable bonds is 5. The first-order valence-electron chi connectivity index (χ1n) is 7.12. The zero-order chi connectivity index (χ0) is 15.4. The minimum absolute atomic E-state index is 0.0946. The third kappa shape index (κ3) is 3.61. The van der Waals surface area contributed by atoms with Gasteiger partial charge in [-0.05, 0) is 36.4 Å². The molecule has 0 aliphatic carbocycles. The Kier molecular flexibility index (Phi) is 4.97. The fourth-order valence-corrected chi connectivity index (χ4v) is 3.15. The van der Waals surface area contributed by atoms with Crippen LogP contribution in [-0.2, 0) is 4.74 Å². The van der Waals surface area contributed by atoms with Crippen molar-refractivity contribution in [3.63, 3.8) is 0 Å². The summed E-state index contributed by atoms with van der Waals surface area (Å²) in [5.41, 5.74) is 0.573. The van der Waals surface area contributed by atoms with Crippen LogP contribution in [-0.4, -0.2) is 25.2 Å². The third-order valence-electron chi connectivity index (χ3n) is 3.40. The number of thiophene rings is 1. The highest BCUT2D eigenvalue weighted by Crippen LogP contribution is 2.34. The van der Waals surface area contributed by atoms with Crippen LogP contribution < -0.4 is 10.1 Å². The SMILES string of the molecule is O=C(Nc1cccc(Cl)c1OC[C@@H]1CCCO1)c1cccs1. The Morgan fingerprint density at radius 1 is 1.41 bits per heavy atom. The van der Waals surface area contributed by atoms with Gasteiger partial charge in [0.25, 0.3) is 5.91 Å². The van der Waals surface area contributed by atoms with E-state index in [0.29, 0.717) is 27.9 Å². The summed E-state index contributed by atoms with van der Waals surface area (Å²) < 4.78 is 11.3. The summed E-state index contributed by atoms with van der Waals surface area (Å²) in [6.45, 7) is 1.21. The molecule has 0 bridgehead atoms. The standard InChI is InChI=1S/C16H16ClNO3S/c17-12-5-1-6-13(18-16(19)14-7-3-9-22-14)15(12)21-10-11-4-2-8-20-11/h1,3,5-7,9,11H,2,4,8,10H2,(H,18,19)/t11-/m0/s1. The van der Waals surface area contributed by atoms with Crippen molar-refractivity contribution < 1.29 is 14.3 Å². The summed E-state index contributed by atoms with van der Waals surface area (Å²) in [5, 5.41) is 5.19. The second kappa shape index (κ2) is 7.13. The Morgan fingerprint density at radius 3 is 3.05 bits per heavy atom. The number of halogens is 1. The highest BCUT2D eigenvalue weighted by molar-refractivity contribution is 7.12. The van der Waals surface area contributed by atoms with Crippen molar-refractivity contribution in [2.24, 2.45) is 0 Å². The molecule has 0 unspecified atom stereocenters. The summed E-state index contributed by atoms with van der Waals surface area (Å²) >= 11 is 7.60. The Morgan fingerprint density at radius 2 is 2.32 bits per heavy atom. The number of benzene rings is 1. The Hall–Kier alpha value is -1.56. The lowest BCUT2D eigenvalue weighted by molar-refractivity contribution is 0.0682. The van der Waals surface area contributed by atoms with E-state index in [1.165, 1.54) is 11.3 Å². The second-order valence-electron chi connectivity index (χ2n) is 4.99. The van der Waals surface area contributed by atoms with Crippen molar-refractivity contribution in [1.29, 1.82) is 0 Å². The van der Waals surface area contributed by atoms with Crippen LogP contribution in [0.2, 0.25) is 5.02 Å². The quantitative estimate of drug-likeness (QED) is 0.889. The number of para-hydroxylation sites is 1. The van der Waals surface area contributed by atoms with E-state index in [9.17, 15) is 4.79 Å². The number of nitrogens with one attached hydrogen (secondary N) is 1. The predicted molar refractivity (Wildman–Crippen MR) is 88.2 cm³/mol. The van der Waals surface area contributed by atoms with Gasteiger partial charge in [0.1, 0.15) is 6.61 Å².